The summed E-state index contributed by atoms with van der Waals surface area (Å²) in [4.78, 5) is 14.2. The minimum absolute atomic E-state index is 0.0458. The second-order valence-corrected chi connectivity index (χ2v) is 5.35. The van der Waals surface area contributed by atoms with Gasteiger partial charge in [-0.15, -0.1) is 0 Å². The second kappa shape index (κ2) is 5.52. The first-order valence-corrected chi connectivity index (χ1v) is 6.58. The molecule has 0 aromatic carbocycles. The number of H-pyrrole nitrogens is 1. The molecule has 1 heterocycles. The van der Waals surface area contributed by atoms with Crippen molar-refractivity contribution >= 4 is 5.91 Å². The fraction of sp³-hybridized carbons (Fsp3) is 0.692. The Labute approximate surface area is 108 Å². The molecule has 5 heteroatoms. The maximum Gasteiger partial charge on any atom is 0.254 e. The Balaban J connectivity index is 1.96. The van der Waals surface area contributed by atoms with Gasteiger partial charge in [0.2, 0.25) is 0 Å². The van der Waals surface area contributed by atoms with Crippen LogP contribution in [0, 0.1) is 0 Å². The summed E-state index contributed by atoms with van der Waals surface area (Å²) in [5.74, 6) is -0.0458. The van der Waals surface area contributed by atoms with E-state index in [1.807, 2.05) is 0 Å². The molecule has 0 unspecified atom stereocenters. The lowest BCUT2D eigenvalue weighted by atomic mass is 9.80. The van der Waals surface area contributed by atoms with E-state index < -0.39 is 0 Å². The highest BCUT2D eigenvalue weighted by Gasteiger charge is 2.34. The van der Waals surface area contributed by atoms with Crippen LogP contribution >= 0.6 is 0 Å². The van der Waals surface area contributed by atoms with E-state index in [4.69, 9.17) is 0 Å². The first-order valence-electron chi connectivity index (χ1n) is 6.58. The van der Waals surface area contributed by atoms with Crippen LogP contribution in [0.3, 0.4) is 0 Å². The average molecular weight is 250 g/mol. The van der Waals surface area contributed by atoms with E-state index >= 15 is 0 Å². The van der Waals surface area contributed by atoms with Gasteiger partial charge in [-0.2, -0.15) is 5.10 Å². The van der Waals surface area contributed by atoms with Gasteiger partial charge in [-0.05, 0) is 26.9 Å². The Morgan fingerprint density at radius 1 is 1.44 bits per heavy atom. The number of carbonyl (C=O) groups is 1. The van der Waals surface area contributed by atoms with Crippen molar-refractivity contribution in [2.75, 3.05) is 20.6 Å². The SMILES string of the molecule is CN(C)C1(CNC(=O)c2cn[nH]c2)CCCCC1. The third-order valence-corrected chi connectivity index (χ3v) is 4.07. The summed E-state index contributed by atoms with van der Waals surface area (Å²) in [6.45, 7) is 0.712. The van der Waals surface area contributed by atoms with Gasteiger partial charge in [0.05, 0.1) is 11.8 Å². The van der Waals surface area contributed by atoms with Gasteiger partial charge in [0.1, 0.15) is 0 Å². The Morgan fingerprint density at radius 2 is 2.17 bits per heavy atom. The molecule has 1 aromatic rings. The highest BCUT2D eigenvalue weighted by Crippen LogP contribution is 2.31. The number of amides is 1. The summed E-state index contributed by atoms with van der Waals surface area (Å²) in [5, 5.41) is 9.49. The first-order chi connectivity index (χ1) is 8.64. The van der Waals surface area contributed by atoms with Gasteiger partial charge in [0.25, 0.3) is 5.91 Å². The van der Waals surface area contributed by atoms with Crippen LogP contribution in [0.4, 0.5) is 0 Å². The van der Waals surface area contributed by atoms with Crippen LogP contribution in [0.25, 0.3) is 0 Å². The molecule has 1 amide bonds. The molecule has 0 saturated heterocycles. The summed E-state index contributed by atoms with van der Waals surface area (Å²) in [6.07, 6.45) is 9.30. The lowest BCUT2D eigenvalue weighted by molar-refractivity contribution is 0.0799. The lowest BCUT2D eigenvalue weighted by Gasteiger charge is -2.43. The van der Waals surface area contributed by atoms with Crippen molar-refractivity contribution in [3.05, 3.63) is 18.0 Å². The van der Waals surface area contributed by atoms with Crippen molar-refractivity contribution in [3.63, 3.8) is 0 Å². The molecule has 0 aliphatic heterocycles. The maximum absolute atomic E-state index is 11.9. The Kier molecular flexibility index (Phi) is 4.01. The highest BCUT2D eigenvalue weighted by atomic mass is 16.1. The minimum atomic E-state index is -0.0458. The molecular weight excluding hydrogens is 228 g/mol. The third kappa shape index (κ3) is 2.72. The van der Waals surface area contributed by atoms with Crippen LogP contribution < -0.4 is 5.32 Å². The fourth-order valence-corrected chi connectivity index (χ4v) is 2.71. The minimum Gasteiger partial charge on any atom is -0.350 e. The van der Waals surface area contributed by atoms with Crippen molar-refractivity contribution in [2.24, 2.45) is 0 Å². The van der Waals surface area contributed by atoms with E-state index in [2.05, 4.69) is 34.5 Å². The molecule has 0 radical (unpaired) electrons. The topological polar surface area (TPSA) is 61.0 Å². The predicted octanol–water partition coefficient (Wildman–Crippen LogP) is 1.40. The van der Waals surface area contributed by atoms with Gasteiger partial charge >= 0.3 is 0 Å². The van der Waals surface area contributed by atoms with Gasteiger partial charge in [0, 0.05) is 18.3 Å². The fourth-order valence-electron chi connectivity index (χ4n) is 2.71. The molecule has 5 nitrogen and oxygen atoms in total. The van der Waals surface area contributed by atoms with Crippen molar-refractivity contribution in [1.29, 1.82) is 0 Å². The van der Waals surface area contributed by atoms with Crippen LogP contribution in [0.5, 0.6) is 0 Å². The monoisotopic (exact) mass is 250 g/mol. The number of carbonyl (C=O) groups excluding carboxylic acids is 1. The largest absolute Gasteiger partial charge is 0.350 e. The summed E-state index contributed by atoms with van der Waals surface area (Å²) in [5.41, 5.74) is 0.720. The zero-order chi connectivity index (χ0) is 13.0. The zero-order valence-corrected chi connectivity index (χ0v) is 11.2. The van der Waals surface area contributed by atoms with Crippen LogP contribution in [-0.4, -0.2) is 47.2 Å². The number of nitrogens with one attached hydrogen (secondary N) is 2. The van der Waals surface area contributed by atoms with Crippen LogP contribution in [0.1, 0.15) is 42.5 Å². The molecule has 0 atom stereocenters. The number of aromatic nitrogens is 2. The van der Waals surface area contributed by atoms with E-state index in [1.165, 1.54) is 19.3 Å². The van der Waals surface area contributed by atoms with Crippen LogP contribution in [0.15, 0.2) is 12.4 Å². The van der Waals surface area contributed by atoms with Gasteiger partial charge < -0.3 is 10.2 Å². The molecule has 18 heavy (non-hydrogen) atoms. The van der Waals surface area contributed by atoms with Crippen molar-refractivity contribution in [3.8, 4) is 0 Å². The van der Waals surface area contributed by atoms with Gasteiger partial charge in [-0.25, -0.2) is 0 Å². The predicted molar refractivity (Wildman–Crippen MR) is 70.4 cm³/mol. The van der Waals surface area contributed by atoms with Gasteiger partial charge in [-0.3, -0.25) is 9.89 Å². The molecule has 1 saturated carbocycles. The van der Waals surface area contributed by atoms with Crippen molar-refractivity contribution in [2.45, 2.75) is 37.6 Å². The Morgan fingerprint density at radius 3 is 2.72 bits per heavy atom. The molecule has 1 fully saturated rings. The maximum atomic E-state index is 11.9. The third-order valence-electron chi connectivity index (χ3n) is 4.07. The molecule has 1 aliphatic carbocycles. The number of hydrogen-bond acceptors (Lipinski definition) is 3. The van der Waals surface area contributed by atoms with E-state index in [1.54, 1.807) is 12.4 Å². The van der Waals surface area contributed by atoms with E-state index in [0.29, 0.717) is 12.1 Å². The number of nitrogens with zero attached hydrogens (tertiary/aromatic N) is 2. The normalized spacial score (nSPS) is 18.8. The van der Waals surface area contributed by atoms with E-state index in [9.17, 15) is 4.79 Å². The number of aromatic amines is 1. The van der Waals surface area contributed by atoms with Gasteiger partial charge in [-0.1, -0.05) is 19.3 Å². The van der Waals surface area contributed by atoms with E-state index in [0.717, 1.165) is 12.8 Å². The van der Waals surface area contributed by atoms with Crippen LogP contribution in [0.2, 0.25) is 0 Å². The molecular formula is C13H22N4O. The number of rotatable bonds is 4. The molecule has 1 aromatic heterocycles. The average Bonchev–Trinajstić information content (AvgIpc) is 2.91. The summed E-state index contributed by atoms with van der Waals surface area (Å²) in [7, 11) is 4.21. The number of hydrogen-bond donors (Lipinski definition) is 2. The molecule has 1 aliphatic rings. The van der Waals surface area contributed by atoms with E-state index in [-0.39, 0.29) is 11.4 Å². The molecule has 0 bridgehead atoms. The first kappa shape index (κ1) is 13.1. The quantitative estimate of drug-likeness (QED) is 0.849. The Bertz CT molecular complexity index is 380. The lowest BCUT2D eigenvalue weighted by Crippen LogP contribution is -2.53. The van der Waals surface area contributed by atoms with Crippen molar-refractivity contribution in [1.82, 2.24) is 20.4 Å². The number of likely N-dealkylation sites (N-methyl/N-ethyl adjacent to an activating group) is 1. The van der Waals surface area contributed by atoms with Gasteiger partial charge in [0.15, 0.2) is 0 Å². The van der Waals surface area contributed by atoms with Crippen LogP contribution in [-0.2, 0) is 0 Å². The smallest absolute Gasteiger partial charge is 0.254 e. The summed E-state index contributed by atoms with van der Waals surface area (Å²) >= 11 is 0. The molecule has 100 valence electrons. The summed E-state index contributed by atoms with van der Waals surface area (Å²) in [6, 6.07) is 0. The molecule has 0 spiro atoms. The second-order valence-electron chi connectivity index (χ2n) is 5.35. The standard InChI is InChI=1S/C13H22N4O/c1-17(2)13(6-4-3-5-7-13)10-14-12(18)11-8-15-16-9-11/h8-9H,3-7,10H2,1-2H3,(H,14,18)(H,15,16). The molecule has 2 rings (SSSR count). The molecule has 2 N–H and O–H groups in total. The summed E-state index contributed by atoms with van der Waals surface area (Å²) < 4.78 is 0. The Hall–Kier alpha value is -1.36. The van der Waals surface area contributed by atoms with Crippen molar-refractivity contribution < 1.29 is 4.79 Å². The zero-order valence-electron chi connectivity index (χ0n) is 11.2. The highest BCUT2D eigenvalue weighted by molar-refractivity contribution is 5.93.